The third-order valence-electron chi connectivity index (χ3n) is 2.41. The second kappa shape index (κ2) is 9.77. The highest BCUT2D eigenvalue weighted by Crippen LogP contribution is 2.38. The van der Waals surface area contributed by atoms with E-state index in [1.807, 2.05) is 12.1 Å². The number of rotatable bonds is 9. The fourth-order valence-electron chi connectivity index (χ4n) is 1.49. The Bertz CT molecular complexity index is 486. The lowest BCUT2D eigenvalue weighted by Crippen LogP contribution is -2.08. The molecule has 0 aliphatic heterocycles. The van der Waals surface area contributed by atoms with Gasteiger partial charge in [-0.05, 0) is 25.2 Å². The van der Waals surface area contributed by atoms with Gasteiger partial charge in [-0.15, -0.1) is 0 Å². The summed E-state index contributed by atoms with van der Waals surface area (Å²) in [6.07, 6.45) is 4.77. The minimum absolute atomic E-state index is 0.544. The third-order valence-corrected chi connectivity index (χ3v) is 4.88. The highest BCUT2D eigenvalue weighted by Gasteiger charge is 2.08. The van der Waals surface area contributed by atoms with E-state index in [9.17, 15) is 0 Å². The quantitative estimate of drug-likeness (QED) is 0.542. The van der Waals surface area contributed by atoms with Crippen LogP contribution in [-0.2, 0) is 6.42 Å². The van der Waals surface area contributed by atoms with Gasteiger partial charge in [0.15, 0.2) is 0 Å². The highest BCUT2D eigenvalue weighted by atomic mass is 33.1. The summed E-state index contributed by atoms with van der Waals surface area (Å²) in [6, 6.07) is 3.96. The second-order valence-corrected chi connectivity index (χ2v) is 6.14. The first-order valence-corrected chi connectivity index (χ1v) is 8.43. The van der Waals surface area contributed by atoms with E-state index >= 15 is 0 Å². The zero-order valence-electron chi connectivity index (χ0n) is 11.4. The zero-order chi connectivity index (χ0) is 14.8. The van der Waals surface area contributed by atoms with Crippen LogP contribution >= 0.6 is 21.6 Å². The minimum atomic E-state index is 0.544. The number of nitrogens with two attached hydrogens (primary N) is 2. The molecule has 0 aliphatic carbocycles. The number of pyridine rings is 1. The molecule has 0 bridgehead atoms. The Morgan fingerprint density at radius 2 is 2.20 bits per heavy atom. The van der Waals surface area contributed by atoms with Crippen molar-refractivity contribution in [3.05, 3.63) is 48.3 Å². The molecule has 0 spiro atoms. The molecular formula is C14H20N4S2. The lowest BCUT2D eigenvalue weighted by molar-refractivity contribution is 0.893. The molecule has 1 aromatic rings. The molecule has 0 radical (unpaired) electrons. The van der Waals surface area contributed by atoms with Crippen LogP contribution in [0.1, 0.15) is 12.1 Å². The number of hydrogen-bond donors (Lipinski definition) is 2. The predicted octanol–water partition coefficient (Wildman–Crippen LogP) is 2.77. The number of nitrogens with zero attached hydrogens (tertiary/aromatic N) is 2. The molecule has 0 amide bonds. The van der Waals surface area contributed by atoms with Crippen molar-refractivity contribution >= 4 is 27.3 Å². The van der Waals surface area contributed by atoms with E-state index < -0.39 is 0 Å². The Hall–Kier alpha value is -1.08. The summed E-state index contributed by atoms with van der Waals surface area (Å²) in [6.45, 7) is 8.79. The number of hydrogen-bond acceptors (Lipinski definition) is 6. The van der Waals surface area contributed by atoms with Gasteiger partial charge >= 0.3 is 0 Å². The van der Waals surface area contributed by atoms with Crippen molar-refractivity contribution in [3.8, 4) is 0 Å². The van der Waals surface area contributed by atoms with Crippen molar-refractivity contribution < 1.29 is 0 Å². The maximum atomic E-state index is 5.60. The molecule has 0 fully saturated rings. The van der Waals surface area contributed by atoms with E-state index in [1.165, 1.54) is 6.20 Å². The van der Waals surface area contributed by atoms with Gasteiger partial charge in [-0.3, -0.25) is 9.98 Å². The van der Waals surface area contributed by atoms with Crippen LogP contribution in [0.3, 0.4) is 0 Å². The van der Waals surface area contributed by atoms with Gasteiger partial charge in [0, 0.05) is 35.0 Å². The van der Waals surface area contributed by atoms with Gasteiger partial charge in [0.1, 0.15) is 0 Å². The zero-order valence-corrected chi connectivity index (χ0v) is 13.1. The molecule has 0 saturated carbocycles. The Balaban J connectivity index is 2.68. The van der Waals surface area contributed by atoms with Crippen LogP contribution in [0.5, 0.6) is 0 Å². The molecule has 108 valence electrons. The normalized spacial score (nSPS) is 11.4. The van der Waals surface area contributed by atoms with Crippen LogP contribution in [0, 0.1) is 0 Å². The molecule has 20 heavy (non-hydrogen) atoms. The van der Waals surface area contributed by atoms with Gasteiger partial charge < -0.3 is 11.5 Å². The summed E-state index contributed by atoms with van der Waals surface area (Å²) in [4.78, 5) is 10.6. The molecule has 0 unspecified atom stereocenters. The first-order valence-electron chi connectivity index (χ1n) is 6.28. The Morgan fingerprint density at radius 3 is 2.85 bits per heavy atom. The van der Waals surface area contributed by atoms with Crippen LogP contribution in [-0.4, -0.2) is 23.8 Å². The van der Waals surface area contributed by atoms with E-state index in [4.69, 9.17) is 11.5 Å². The molecule has 4 nitrogen and oxygen atoms in total. The molecule has 1 heterocycles. The fraction of sp³-hybridized carbons (Fsp3) is 0.286. The van der Waals surface area contributed by atoms with Crippen molar-refractivity contribution in [2.24, 2.45) is 16.5 Å². The van der Waals surface area contributed by atoms with Crippen molar-refractivity contribution in [3.63, 3.8) is 0 Å². The molecule has 0 atom stereocenters. The van der Waals surface area contributed by atoms with E-state index in [1.54, 1.807) is 27.8 Å². The van der Waals surface area contributed by atoms with Crippen molar-refractivity contribution in [2.45, 2.75) is 17.7 Å². The van der Waals surface area contributed by atoms with Crippen molar-refractivity contribution in [1.82, 2.24) is 4.98 Å². The van der Waals surface area contributed by atoms with Gasteiger partial charge in [-0.25, -0.2) is 0 Å². The second-order valence-electron chi connectivity index (χ2n) is 3.87. The maximum Gasteiger partial charge on any atom is 0.0560 e. The monoisotopic (exact) mass is 308 g/mol. The molecular weight excluding hydrogens is 288 g/mol. The van der Waals surface area contributed by atoms with Crippen LogP contribution < -0.4 is 11.5 Å². The molecule has 0 saturated heterocycles. The first kappa shape index (κ1) is 17.0. The van der Waals surface area contributed by atoms with Crippen molar-refractivity contribution in [2.75, 3.05) is 13.1 Å². The molecule has 1 rings (SSSR count). The molecule has 6 heteroatoms. The average Bonchev–Trinajstić information content (AvgIpc) is 2.46. The summed E-state index contributed by atoms with van der Waals surface area (Å²) in [5.41, 5.74) is 13.1. The summed E-state index contributed by atoms with van der Waals surface area (Å²) in [5.74, 6) is 0. The lowest BCUT2D eigenvalue weighted by atomic mass is 10.2. The highest BCUT2D eigenvalue weighted by molar-refractivity contribution is 8.78. The standard InChI is InChI=1S/C14H20N4S2/c1-3-17-12(6-8-15)11(2)19-20-14-5-4-10-18-13(14)7-9-16/h3-5,10H,1-2,6-9,15-16H2. The summed E-state index contributed by atoms with van der Waals surface area (Å²) >= 11 is 0. The predicted molar refractivity (Wildman–Crippen MR) is 90.9 cm³/mol. The lowest BCUT2D eigenvalue weighted by Gasteiger charge is -2.09. The SMILES string of the molecule is C=CN=C(CCN)C(=C)SSc1cccnc1CCN. The molecule has 1 aromatic heterocycles. The van der Waals surface area contributed by atoms with Gasteiger partial charge in [0.25, 0.3) is 0 Å². The molecule has 0 aromatic carbocycles. The van der Waals surface area contributed by atoms with E-state index in [0.717, 1.165) is 27.6 Å². The Kier molecular flexibility index (Phi) is 8.29. The number of aliphatic imine (C=N–C) groups is 1. The number of aromatic nitrogens is 1. The van der Waals surface area contributed by atoms with E-state index in [2.05, 4.69) is 23.1 Å². The van der Waals surface area contributed by atoms with Gasteiger partial charge in [0.2, 0.25) is 0 Å². The Morgan fingerprint density at radius 1 is 1.40 bits per heavy atom. The van der Waals surface area contributed by atoms with E-state index in [0.29, 0.717) is 19.5 Å². The van der Waals surface area contributed by atoms with Crippen LogP contribution in [0.4, 0.5) is 0 Å². The smallest absolute Gasteiger partial charge is 0.0560 e. The average molecular weight is 308 g/mol. The van der Waals surface area contributed by atoms with Gasteiger partial charge in [-0.1, -0.05) is 34.7 Å². The maximum absolute atomic E-state index is 5.60. The first-order chi connectivity index (χ1) is 9.72. The van der Waals surface area contributed by atoms with Crippen LogP contribution in [0.2, 0.25) is 0 Å². The molecule has 4 N–H and O–H groups in total. The van der Waals surface area contributed by atoms with E-state index in [-0.39, 0.29) is 0 Å². The van der Waals surface area contributed by atoms with Crippen molar-refractivity contribution in [1.29, 1.82) is 0 Å². The largest absolute Gasteiger partial charge is 0.330 e. The fourth-order valence-corrected chi connectivity index (χ4v) is 3.63. The summed E-state index contributed by atoms with van der Waals surface area (Å²) in [5, 5.41) is 0. The molecule has 0 aliphatic rings. The van der Waals surface area contributed by atoms with Crippen LogP contribution in [0.25, 0.3) is 0 Å². The number of allylic oxidation sites excluding steroid dienone is 1. The minimum Gasteiger partial charge on any atom is -0.330 e. The van der Waals surface area contributed by atoms with Gasteiger partial charge in [-0.2, -0.15) is 0 Å². The summed E-state index contributed by atoms with van der Waals surface area (Å²) < 4.78 is 0. The topological polar surface area (TPSA) is 77.3 Å². The van der Waals surface area contributed by atoms with Gasteiger partial charge in [0.05, 0.1) is 11.4 Å². The van der Waals surface area contributed by atoms with Crippen LogP contribution in [0.15, 0.2) is 52.5 Å². The third kappa shape index (κ3) is 5.50. The summed E-state index contributed by atoms with van der Waals surface area (Å²) in [7, 11) is 3.18. The Labute approximate surface area is 128 Å².